The number of rotatable bonds is 3. The minimum atomic E-state index is -1.25. The minimum Gasteiger partial charge on any atom is -0.481 e. The quantitative estimate of drug-likeness (QED) is 0.843. The van der Waals surface area contributed by atoms with Gasteiger partial charge in [-0.05, 0) is 43.0 Å². The van der Waals surface area contributed by atoms with Crippen LogP contribution in [0.25, 0.3) is 0 Å². The number of carboxylic acids is 2. The standard InChI is InChI=1S/C12H11FO4/c1-6-8(10(14)15)4-7(5-9(6)13)12(2-3-12)11(16)17/h4-5H,2-3H2,1H3,(H,14,15)(H,16,17). The van der Waals surface area contributed by atoms with E-state index in [0.717, 1.165) is 6.07 Å². The van der Waals surface area contributed by atoms with Gasteiger partial charge >= 0.3 is 11.9 Å². The van der Waals surface area contributed by atoms with E-state index in [9.17, 15) is 14.0 Å². The van der Waals surface area contributed by atoms with E-state index < -0.39 is 23.2 Å². The summed E-state index contributed by atoms with van der Waals surface area (Å²) in [5.74, 6) is -2.95. The van der Waals surface area contributed by atoms with E-state index in [1.807, 2.05) is 0 Å². The van der Waals surface area contributed by atoms with Gasteiger partial charge in [0.2, 0.25) is 0 Å². The van der Waals surface area contributed by atoms with Gasteiger partial charge in [0.15, 0.2) is 0 Å². The predicted molar refractivity (Wildman–Crippen MR) is 56.6 cm³/mol. The lowest BCUT2D eigenvalue weighted by Crippen LogP contribution is -2.20. The summed E-state index contributed by atoms with van der Waals surface area (Å²) in [5, 5.41) is 18.0. The summed E-state index contributed by atoms with van der Waals surface area (Å²) >= 11 is 0. The van der Waals surface area contributed by atoms with Crippen molar-refractivity contribution in [3.8, 4) is 0 Å². The van der Waals surface area contributed by atoms with Crippen LogP contribution in [-0.2, 0) is 10.2 Å². The molecule has 0 radical (unpaired) electrons. The molecule has 1 aromatic rings. The van der Waals surface area contributed by atoms with Crippen LogP contribution in [0.2, 0.25) is 0 Å². The van der Waals surface area contributed by atoms with E-state index in [0.29, 0.717) is 12.8 Å². The molecule has 0 atom stereocenters. The number of aliphatic carboxylic acids is 1. The zero-order valence-corrected chi connectivity index (χ0v) is 9.16. The maximum absolute atomic E-state index is 13.6. The van der Waals surface area contributed by atoms with Crippen molar-refractivity contribution in [2.24, 2.45) is 0 Å². The number of hydrogen-bond donors (Lipinski definition) is 2. The Morgan fingerprint density at radius 3 is 2.29 bits per heavy atom. The molecule has 0 saturated heterocycles. The smallest absolute Gasteiger partial charge is 0.336 e. The molecule has 0 unspecified atom stereocenters. The largest absolute Gasteiger partial charge is 0.481 e. The first-order valence-corrected chi connectivity index (χ1v) is 5.16. The number of hydrogen-bond acceptors (Lipinski definition) is 2. The predicted octanol–water partition coefficient (Wildman–Crippen LogP) is 1.95. The SMILES string of the molecule is Cc1c(F)cc(C2(C(=O)O)CC2)cc1C(=O)O. The number of carboxylic acid groups (broad SMARTS) is 2. The zero-order chi connectivity index (χ0) is 12.8. The maximum atomic E-state index is 13.6. The molecule has 0 aliphatic heterocycles. The molecule has 0 amide bonds. The molecular weight excluding hydrogens is 227 g/mol. The second-order valence-corrected chi connectivity index (χ2v) is 4.32. The van der Waals surface area contributed by atoms with Crippen molar-refractivity contribution in [2.45, 2.75) is 25.2 Å². The van der Waals surface area contributed by atoms with Crippen LogP contribution in [0.15, 0.2) is 12.1 Å². The third-order valence-corrected chi connectivity index (χ3v) is 3.29. The van der Waals surface area contributed by atoms with Crippen LogP contribution in [-0.4, -0.2) is 22.2 Å². The molecule has 0 heterocycles. The van der Waals surface area contributed by atoms with Crippen LogP contribution in [0.1, 0.15) is 34.3 Å². The fourth-order valence-electron chi connectivity index (χ4n) is 1.93. The Hall–Kier alpha value is -1.91. The lowest BCUT2D eigenvalue weighted by molar-refractivity contribution is -0.140. The first-order valence-electron chi connectivity index (χ1n) is 5.16. The van der Waals surface area contributed by atoms with Crippen LogP contribution in [0, 0.1) is 12.7 Å². The van der Waals surface area contributed by atoms with Crippen molar-refractivity contribution < 1.29 is 24.2 Å². The molecule has 4 nitrogen and oxygen atoms in total. The van der Waals surface area contributed by atoms with Gasteiger partial charge < -0.3 is 10.2 Å². The van der Waals surface area contributed by atoms with Crippen molar-refractivity contribution >= 4 is 11.9 Å². The Bertz CT molecular complexity index is 517. The summed E-state index contributed by atoms with van der Waals surface area (Å²) in [5.41, 5.74) is -0.987. The Morgan fingerprint density at radius 1 is 1.29 bits per heavy atom. The highest BCUT2D eigenvalue weighted by Gasteiger charge is 2.52. The van der Waals surface area contributed by atoms with Crippen molar-refractivity contribution in [1.29, 1.82) is 0 Å². The van der Waals surface area contributed by atoms with Crippen LogP contribution < -0.4 is 0 Å². The topological polar surface area (TPSA) is 74.6 Å². The van der Waals surface area contributed by atoms with Gasteiger partial charge in [0.1, 0.15) is 5.82 Å². The fourth-order valence-corrected chi connectivity index (χ4v) is 1.93. The molecule has 17 heavy (non-hydrogen) atoms. The molecule has 5 heteroatoms. The molecule has 90 valence electrons. The van der Waals surface area contributed by atoms with Gasteiger partial charge in [0.25, 0.3) is 0 Å². The lowest BCUT2D eigenvalue weighted by Gasteiger charge is -2.13. The van der Waals surface area contributed by atoms with Gasteiger partial charge in [-0.1, -0.05) is 0 Å². The van der Waals surface area contributed by atoms with Gasteiger partial charge in [0.05, 0.1) is 11.0 Å². The van der Waals surface area contributed by atoms with Gasteiger partial charge in [-0.3, -0.25) is 4.79 Å². The van der Waals surface area contributed by atoms with E-state index >= 15 is 0 Å². The lowest BCUT2D eigenvalue weighted by atomic mass is 9.92. The van der Waals surface area contributed by atoms with Gasteiger partial charge in [-0.15, -0.1) is 0 Å². The van der Waals surface area contributed by atoms with E-state index in [2.05, 4.69) is 0 Å². The molecular formula is C12H11FO4. The summed E-state index contributed by atoms with van der Waals surface area (Å²) in [6.07, 6.45) is 0.841. The zero-order valence-electron chi connectivity index (χ0n) is 9.16. The van der Waals surface area contributed by atoms with Crippen LogP contribution in [0.5, 0.6) is 0 Å². The van der Waals surface area contributed by atoms with Gasteiger partial charge in [-0.25, -0.2) is 9.18 Å². The molecule has 2 N–H and O–H groups in total. The second kappa shape index (κ2) is 3.55. The number of benzene rings is 1. The minimum absolute atomic E-state index is 0.0300. The first kappa shape index (κ1) is 11.6. The third kappa shape index (κ3) is 1.67. The molecule has 1 aliphatic rings. The molecule has 0 spiro atoms. The van der Waals surface area contributed by atoms with E-state index in [-0.39, 0.29) is 16.7 Å². The summed E-state index contributed by atoms with van der Waals surface area (Å²) in [6, 6.07) is 2.39. The van der Waals surface area contributed by atoms with Crippen molar-refractivity contribution in [3.05, 3.63) is 34.6 Å². The van der Waals surface area contributed by atoms with Crippen molar-refractivity contribution in [2.75, 3.05) is 0 Å². The van der Waals surface area contributed by atoms with Crippen LogP contribution >= 0.6 is 0 Å². The van der Waals surface area contributed by atoms with Gasteiger partial charge in [-0.2, -0.15) is 0 Å². The number of aromatic carboxylic acids is 1. The molecule has 1 aromatic carbocycles. The maximum Gasteiger partial charge on any atom is 0.336 e. The molecule has 1 saturated carbocycles. The van der Waals surface area contributed by atoms with Crippen LogP contribution in [0.4, 0.5) is 4.39 Å². The van der Waals surface area contributed by atoms with Crippen LogP contribution in [0.3, 0.4) is 0 Å². The molecule has 1 fully saturated rings. The van der Waals surface area contributed by atoms with Crippen molar-refractivity contribution in [1.82, 2.24) is 0 Å². The average molecular weight is 238 g/mol. The highest BCUT2D eigenvalue weighted by Crippen LogP contribution is 2.49. The number of carbonyl (C=O) groups is 2. The Kier molecular flexibility index (Phi) is 2.41. The molecule has 1 aliphatic carbocycles. The Balaban J connectivity index is 2.58. The second-order valence-electron chi connectivity index (χ2n) is 4.32. The summed E-state index contributed by atoms with van der Waals surface area (Å²) in [7, 11) is 0. The van der Waals surface area contributed by atoms with Gasteiger partial charge in [0, 0.05) is 0 Å². The monoisotopic (exact) mass is 238 g/mol. The normalized spacial score (nSPS) is 16.6. The van der Waals surface area contributed by atoms with E-state index in [4.69, 9.17) is 10.2 Å². The first-order chi connectivity index (χ1) is 7.88. The average Bonchev–Trinajstić information content (AvgIpc) is 3.02. The summed E-state index contributed by atoms with van der Waals surface area (Å²) in [6.45, 7) is 1.36. The summed E-state index contributed by atoms with van der Waals surface area (Å²) in [4.78, 5) is 22.0. The van der Waals surface area contributed by atoms with Crippen molar-refractivity contribution in [3.63, 3.8) is 0 Å². The third-order valence-electron chi connectivity index (χ3n) is 3.29. The van der Waals surface area contributed by atoms with E-state index in [1.165, 1.54) is 13.0 Å². The molecule has 0 bridgehead atoms. The highest BCUT2D eigenvalue weighted by molar-refractivity contribution is 5.91. The molecule has 2 rings (SSSR count). The number of halogens is 1. The summed E-state index contributed by atoms with van der Waals surface area (Å²) < 4.78 is 13.6. The van der Waals surface area contributed by atoms with E-state index in [1.54, 1.807) is 0 Å². The highest BCUT2D eigenvalue weighted by atomic mass is 19.1. The fraction of sp³-hybridized carbons (Fsp3) is 0.333. The Labute approximate surface area is 96.7 Å². The molecule has 0 aromatic heterocycles. The Morgan fingerprint density at radius 2 is 1.88 bits per heavy atom.